The van der Waals surface area contributed by atoms with E-state index in [1.165, 1.54) is 5.56 Å². The number of aliphatic hydroxyl groups excluding tert-OH is 1. The van der Waals surface area contributed by atoms with E-state index < -0.39 is 0 Å². The zero-order chi connectivity index (χ0) is 20.5. The number of benzene rings is 2. The van der Waals surface area contributed by atoms with Crippen molar-refractivity contribution in [1.29, 1.82) is 0 Å². The minimum absolute atomic E-state index is 0.0168. The maximum absolute atomic E-state index is 13.1. The van der Waals surface area contributed by atoms with Crippen LogP contribution in [0.2, 0.25) is 0 Å². The highest BCUT2D eigenvalue weighted by molar-refractivity contribution is 6.00. The summed E-state index contributed by atoms with van der Waals surface area (Å²) in [6.45, 7) is 4.52. The van der Waals surface area contributed by atoms with Crippen LogP contribution in [0.15, 0.2) is 42.5 Å². The fraction of sp³-hybridized carbons (Fsp3) is 0.304. The second-order valence-electron chi connectivity index (χ2n) is 7.45. The number of carbonyl (C=O) groups is 1. The van der Waals surface area contributed by atoms with Crippen molar-refractivity contribution >= 4 is 5.91 Å². The SMILES string of the molecule is CCc1ccc([C@H]2c3c(-c4cc(C)ccc4O)n[nH]c3C(=O)N2CCCO)cc1. The van der Waals surface area contributed by atoms with Crippen molar-refractivity contribution in [2.24, 2.45) is 0 Å². The average molecular weight is 391 g/mol. The summed E-state index contributed by atoms with van der Waals surface area (Å²) in [4.78, 5) is 14.9. The van der Waals surface area contributed by atoms with Crippen molar-refractivity contribution < 1.29 is 15.0 Å². The quantitative estimate of drug-likeness (QED) is 0.599. The number of nitrogens with one attached hydrogen (secondary N) is 1. The Labute approximate surface area is 169 Å². The Morgan fingerprint density at radius 3 is 2.62 bits per heavy atom. The molecule has 0 bridgehead atoms. The number of aryl methyl sites for hydroxylation is 2. The van der Waals surface area contributed by atoms with Gasteiger partial charge in [0.25, 0.3) is 5.91 Å². The highest BCUT2D eigenvalue weighted by atomic mass is 16.3. The summed E-state index contributed by atoms with van der Waals surface area (Å²) < 4.78 is 0. The largest absolute Gasteiger partial charge is 0.507 e. The molecule has 6 nitrogen and oxygen atoms in total. The first kappa shape index (κ1) is 19.2. The second-order valence-corrected chi connectivity index (χ2v) is 7.45. The Balaban J connectivity index is 1.87. The zero-order valence-corrected chi connectivity index (χ0v) is 16.6. The number of rotatable bonds is 6. The molecular formula is C23H25N3O3. The van der Waals surface area contributed by atoms with Crippen LogP contribution in [0, 0.1) is 6.92 Å². The van der Waals surface area contributed by atoms with E-state index in [1.807, 2.05) is 31.2 Å². The highest BCUT2D eigenvalue weighted by Gasteiger charge is 2.42. The molecule has 0 aliphatic carbocycles. The number of aromatic hydroxyl groups is 1. The molecule has 29 heavy (non-hydrogen) atoms. The topological polar surface area (TPSA) is 89.5 Å². The van der Waals surface area contributed by atoms with Crippen LogP contribution in [0.25, 0.3) is 11.3 Å². The lowest BCUT2D eigenvalue weighted by Crippen LogP contribution is -2.31. The van der Waals surface area contributed by atoms with Gasteiger partial charge in [-0.3, -0.25) is 9.89 Å². The molecule has 0 spiro atoms. The van der Waals surface area contributed by atoms with E-state index >= 15 is 0 Å². The van der Waals surface area contributed by atoms with E-state index in [-0.39, 0.29) is 24.3 Å². The molecule has 1 aliphatic heterocycles. The van der Waals surface area contributed by atoms with Gasteiger partial charge in [-0.1, -0.05) is 42.8 Å². The van der Waals surface area contributed by atoms with E-state index in [0.717, 1.165) is 23.1 Å². The molecule has 6 heteroatoms. The molecule has 4 rings (SSSR count). The first-order chi connectivity index (χ1) is 14.0. The van der Waals surface area contributed by atoms with Gasteiger partial charge in [0.05, 0.1) is 6.04 Å². The summed E-state index contributed by atoms with van der Waals surface area (Å²) >= 11 is 0. The van der Waals surface area contributed by atoms with Crippen molar-refractivity contribution in [1.82, 2.24) is 15.1 Å². The number of hydrogen-bond acceptors (Lipinski definition) is 4. The minimum atomic E-state index is -0.316. The van der Waals surface area contributed by atoms with E-state index in [4.69, 9.17) is 0 Å². The predicted octanol–water partition coefficient (Wildman–Crippen LogP) is 3.58. The smallest absolute Gasteiger partial charge is 0.273 e. The lowest BCUT2D eigenvalue weighted by Gasteiger charge is -2.26. The molecule has 3 aromatic rings. The first-order valence-electron chi connectivity index (χ1n) is 9.94. The zero-order valence-electron chi connectivity index (χ0n) is 16.6. The number of fused-ring (bicyclic) bond motifs is 1. The van der Waals surface area contributed by atoms with E-state index in [2.05, 4.69) is 29.3 Å². The lowest BCUT2D eigenvalue weighted by molar-refractivity contribution is 0.0732. The number of nitrogens with zero attached hydrogens (tertiary/aromatic N) is 2. The van der Waals surface area contributed by atoms with Gasteiger partial charge in [-0.25, -0.2) is 0 Å². The van der Waals surface area contributed by atoms with Crippen molar-refractivity contribution in [2.75, 3.05) is 13.2 Å². The third kappa shape index (κ3) is 3.29. The van der Waals surface area contributed by atoms with E-state index in [1.54, 1.807) is 11.0 Å². The van der Waals surface area contributed by atoms with Gasteiger partial charge in [0, 0.05) is 24.3 Å². The molecule has 1 atom stereocenters. The molecule has 0 saturated heterocycles. The Morgan fingerprint density at radius 2 is 1.93 bits per heavy atom. The van der Waals surface area contributed by atoms with Crippen LogP contribution in [0.1, 0.15) is 52.1 Å². The lowest BCUT2D eigenvalue weighted by atomic mass is 9.94. The van der Waals surface area contributed by atoms with Crippen LogP contribution in [0.3, 0.4) is 0 Å². The first-order valence-corrected chi connectivity index (χ1v) is 9.94. The molecule has 2 aromatic carbocycles. The normalized spacial score (nSPS) is 15.8. The molecule has 2 heterocycles. The summed E-state index contributed by atoms with van der Waals surface area (Å²) in [7, 11) is 0. The van der Waals surface area contributed by atoms with Crippen LogP contribution in [-0.4, -0.2) is 44.4 Å². The number of phenolic OH excluding ortho intramolecular Hbond substituents is 1. The van der Waals surface area contributed by atoms with Crippen molar-refractivity contribution in [3.8, 4) is 17.0 Å². The molecule has 150 valence electrons. The number of hydrogen-bond donors (Lipinski definition) is 3. The number of carbonyl (C=O) groups excluding carboxylic acids is 1. The number of phenols is 1. The molecule has 0 saturated carbocycles. The fourth-order valence-corrected chi connectivity index (χ4v) is 4.00. The summed E-state index contributed by atoms with van der Waals surface area (Å²) in [5.41, 5.74) is 5.63. The average Bonchev–Trinajstić information content (AvgIpc) is 3.27. The molecule has 1 amide bonds. The Morgan fingerprint density at radius 1 is 1.17 bits per heavy atom. The van der Waals surface area contributed by atoms with Crippen LogP contribution >= 0.6 is 0 Å². The van der Waals surface area contributed by atoms with Gasteiger partial charge >= 0.3 is 0 Å². The molecule has 1 aromatic heterocycles. The van der Waals surface area contributed by atoms with Gasteiger partial charge in [0.2, 0.25) is 0 Å². The van der Waals surface area contributed by atoms with Crippen LogP contribution in [0.5, 0.6) is 5.75 Å². The predicted molar refractivity (Wildman–Crippen MR) is 111 cm³/mol. The molecule has 0 unspecified atom stereocenters. The van der Waals surface area contributed by atoms with Gasteiger partial charge in [0.15, 0.2) is 0 Å². The fourth-order valence-electron chi connectivity index (χ4n) is 4.00. The number of aromatic nitrogens is 2. The monoisotopic (exact) mass is 391 g/mol. The maximum atomic E-state index is 13.1. The molecular weight excluding hydrogens is 366 g/mol. The minimum Gasteiger partial charge on any atom is -0.507 e. The highest BCUT2D eigenvalue weighted by Crippen LogP contribution is 2.44. The number of aromatic amines is 1. The van der Waals surface area contributed by atoms with Gasteiger partial charge < -0.3 is 15.1 Å². The Kier molecular flexibility index (Phi) is 5.11. The van der Waals surface area contributed by atoms with Crippen LogP contribution < -0.4 is 0 Å². The van der Waals surface area contributed by atoms with Gasteiger partial charge in [0.1, 0.15) is 17.1 Å². The number of amides is 1. The number of H-pyrrole nitrogens is 1. The Bertz CT molecular complexity index is 1040. The summed E-state index contributed by atoms with van der Waals surface area (Å²) in [5, 5.41) is 27.1. The standard InChI is InChI=1S/C23H25N3O3/c1-3-15-6-8-16(9-7-15)22-19-20(17-13-14(2)5-10-18(17)28)24-25-21(19)23(29)26(22)11-4-12-27/h5-10,13,22,27-28H,3-4,11-12H2,1-2H3,(H,24,25)/t22-/m0/s1. The van der Waals surface area contributed by atoms with E-state index in [0.29, 0.717) is 29.9 Å². The van der Waals surface area contributed by atoms with E-state index in [9.17, 15) is 15.0 Å². The summed E-state index contributed by atoms with van der Waals surface area (Å²) in [6, 6.07) is 13.3. The molecule has 1 aliphatic rings. The number of aliphatic hydroxyl groups is 1. The van der Waals surface area contributed by atoms with Crippen LogP contribution in [0.4, 0.5) is 0 Å². The second kappa shape index (κ2) is 7.72. The maximum Gasteiger partial charge on any atom is 0.273 e. The molecule has 3 N–H and O–H groups in total. The van der Waals surface area contributed by atoms with Crippen molar-refractivity contribution in [3.63, 3.8) is 0 Å². The van der Waals surface area contributed by atoms with Crippen molar-refractivity contribution in [3.05, 3.63) is 70.4 Å². The molecule has 0 fully saturated rings. The third-order valence-corrected chi connectivity index (χ3v) is 5.53. The Hall–Kier alpha value is -3.12. The van der Waals surface area contributed by atoms with Gasteiger partial charge in [-0.05, 0) is 43.0 Å². The van der Waals surface area contributed by atoms with Crippen LogP contribution in [-0.2, 0) is 6.42 Å². The summed E-state index contributed by atoms with van der Waals surface area (Å²) in [5.74, 6) is -0.00449. The third-order valence-electron chi connectivity index (χ3n) is 5.53. The van der Waals surface area contributed by atoms with Gasteiger partial charge in [-0.2, -0.15) is 5.10 Å². The summed E-state index contributed by atoms with van der Waals surface area (Å²) in [6.07, 6.45) is 1.44. The van der Waals surface area contributed by atoms with Gasteiger partial charge in [-0.15, -0.1) is 0 Å². The van der Waals surface area contributed by atoms with Crippen molar-refractivity contribution in [2.45, 2.75) is 32.7 Å². The molecule has 0 radical (unpaired) electrons.